The average molecular weight is 553 g/mol. The molecule has 0 unspecified atom stereocenters. The maximum atomic E-state index is 13.7. The number of fused-ring (bicyclic) bond motifs is 1. The summed E-state index contributed by atoms with van der Waals surface area (Å²) >= 11 is 1.43. The number of carbonyl (C=O) groups excluding carboxylic acids is 1. The molecule has 1 heterocycles. The molecule has 1 amide bonds. The van der Waals surface area contributed by atoms with E-state index in [0.29, 0.717) is 29.5 Å². The number of amides is 1. The monoisotopic (exact) mass is 552 g/mol. The van der Waals surface area contributed by atoms with Crippen LogP contribution < -0.4 is 13.9 Å². The third kappa shape index (κ3) is 5.82. The molecule has 4 aromatic rings. The fourth-order valence-electron chi connectivity index (χ4n) is 4.06. The quantitative estimate of drug-likeness (QED) is 0.257. The first-order valence-corrected chi connectivity index (χ1v) is 14.7. The number of benzene rings is 3. The Bertz CT molecular complexity index is 1480. The SMILES string of the molecule is CCN(CC)CCN(C(=O)c1ccc(S(=O)(=O)N(C)c2ccccc2)cc1)c1nc2ccc(OC)cc2s1. The molecule has 38 heavy (non-hydrogen) atoms. The molecule has 0 aliphatic heterocycles. The van der Waals surface area contributed by atoms with Crippen LogP contribution in [-0.2, 0) is 10.0 Å². The van der Waals surface area contributed by atoms with Crippen molar-refractivity contribution < 1.29 is 17.9 Å². The summed E-state index contributed by atoms with van der Waals surface area (Å²) in [5.41, 5.74) is 1.74. The number of para-hydroxylation sites is 1. The smallest absolute Gasteiger partial charge is 0.264 e. The molecule has 3 aromatic carbocycles. The van der Waals surface area contributed by atoms with Gasteiger partial charge in [0.05, 0.1) is 27.9 Å². The summed E-state index contributed by atoms with van der Waals surface area (Å²) in [5.74, 6) is 0.495. The van der Waals surface area contributed by atoms with Crippen LogP contribution in [0, 0.1) is 0 Å². The van der Waals surface area contributed by atoms with Gasteiger partial charge >= 0.3 is 0 Å². The normalized spacial score (nSPS) is 11.6. The van der Waals surface area contributed by atoms with Crippen LogP contribution in [0.25, 0.3) is 10.2 Å². The highest BCUT2D eigenvalue weighted by Gasteiger charge is 2.25. The van der Waals surface area contributed by atoms with Crippen molar-refractivity contribution in [2.75, 3.05) is 49.5 Å². The third-order valence-corrected chi connectivity index (χ3v) is 9.32. The molecule has 0 spiro atoms. The van der Waals surface area contributed by atoms with Crippen LogP contribution in [0.4, 0.5) is 10.8 Å². The summed E-state index contributed by atoms with van der Waals surface area (Å²) < 4.78 is 33.8. The van der Waals surface area contributed by atoms with Crippen molar-refractivity contribution in [1.29, 1.82) is 0 Å². The summed E-state index contributed by atoms with van der Waals surface area (Å²) in [7, 11) is -0.649. The number of nitrogens with zero attached hydrogens (tertiary/aromatic N) is 4. The first-order chi connectivity index (χ1) is 18.3. The Morgan fingerprint density at radius 1 is 0.947 bits per heavy atom. The molecule has 0 radical (unpaired) electrons. The molecule has 0 atom stereocenters. The van der Waals surface area contributed by atoms with E-state index < -0.39 is 10.0 Å². The van der Waals surface area contributed by atoms with E-state index in [1.54, 1.807) is 48.4 Å². The van der Waals surface area contributed by atoms with E-state index >= 15 is 0 Å². The number of ether oxygens (including phenoxy) is 1. The lowest BCUT2D eigenvalue weighted by Crippen LogP contribution is -2.38. The number of sulfonamides is 1. The van der Waals surface area contributed by atoms with E-state index in [1.807, 2.05) is 24.3 Å². The minimum atomic E-state index is -3.78. The molecular formula is C28H32N4O4S2. The van der Waals surface area contributed by atoms with E-state index in [4.69, 9.17) is 9.72 Å². The molecule has 0 aliphatic carbocycles. The summed E-state index contributed by atoms with van der Waals surface area (Å²) in [6.45, 7) is 7.06. The molecule has 8 nitrogen and oxygen atoms in total. The second-order valence-corrected chi connectivity index (χ2v) is 11.6. The van der Waals surface area contributed by atoms with Crippen LogP contribution in [0.5, 0.6) is 5.75 Å². The van der Waals surface area contributed by atoms with Crippen LogP contribution in [0.1, 0.15) is 24.2 Å². The van der Waals surface area contributed by atoms with E-state index in [1.165, 1.54) is 34.8 Å². The van der Waals surface area contributed by atoms with Crippen LogP contribution in [0.3, 0.4) is 0 Å². The minimum absolute atomic E-state index is 0.113. The lowest BCUT2D eigenvalue weighted by Gasteiger charge is -2.25. The summed E-state index contributed by atoms with van der Waals surface area (Å²) in [5, 5.41) is 0.589. The summed E-state index contributed by atoms with van der Waals surface area (Å²) in [4.78, 5) is 22.5. The predicted molar refractivity (Wildman–Crippen MR) is 154 cm³/mol. The van der Waals surface area contributed by atoms with Crippen molar-refractivity contribution in [3.63, 3.8) is 0 Å². The van der Waals surface area contributed by atoms with Gasteiger partial charge in [-0.3, -0.25) is 14.0 Å². The number of methoxy groups -OCH3 is 1. The van der Waals surface area contributed by atoms with Gasteiger partial charge in [0.25, 0.3) is 15.9 Å². The zero-order valence-electron chi connectivity index (χ0n) is 22.0. The highest BCUT2D eigenvalue weighted by molar-refractivity contribution is 7.92. The Balaban J connectivity index is 1.63. The predicted octanol–water partition coefficient (Wildman–Crippen LogP) is 5.12. The maximum Gasteiger partial charge on any atom is 0.264 e. The van der Waals surface area contributed by atoms with Gasteiger partial charge in [0.15, 0.2) is 5.13 Å². The first-order valence-electron chi connectivity index (χ1n) is 12.4. The molecule has 0 saturated heterocycles. The molecule has 0 saturated carbocycles. The molecule has 0 fully saturated rings. The number of thiazole rings is 1. The fraction of sp³-hybridized carbons (Fsp3) is 0.286. The molecule has 4 rings (SSSR count). The highest BCUT2D eigenvalue weighted by atomic mass is 32.2. The zero-order chi connectivity index (χ0) is 27.3. The Kier molecular flexibility index (Phi) is 8.65. The molecule has 200 valence electrons. The Labute approximate surface area is 228 Å². The highest BCUT2D eigenvalue weighted by Crippen LogP contribution is 2.32. The van der Waals surface area contributed by atoms with Crippen molar-refractivity contribution in [2.24, 2.45) is 0 Å². The second kappa shape index (κ2) is 11.9. The van der Waals surface area contributed by atoms with Gasteiger partial charge in [-0.15, -0.1) is 0 Å². The number of anilines is 2. The number of rotatable bonds is 11. The van der Waals surface area contributed by atoms with Gasteiger partial charge in [0.2, 0.25) is 0 Å². The topological polar surface area (TPSA) is 83.1 Å². The van der Waals surface area contributed by atoms with Crippen LogP contribution in [-0.4, -0.2) is 64.5 Å². The Morgan fingerprint density at radius 3 is 2.26 bits per heavy atom. The van der Waals surface area contributed by atoms with Crippen LogP contribution in [0.15, 0.2) is 77.7 Å². The molecule has 1 aromatic heterocycles. The van der Waals surface area contributed by atoms with Crippen LogP contribution in [0.2, 0.25) is 0 Å². The third-order valence-electron chi connectivity index (χ3n) is 6.47. The zero-order valence-corrected chi connectivity index (χ0v) is 23.6. The maximum absolute atomic E-state index is 13.7. The number of hydrogen-bond acceptors (Lipinski definition) is 7. The van der Waals surface area contributed by atoms with Gasteiger partial charge in [-0.1, -0.05) is 43.4 Å². The number of carbonyl (C=O) groups is 1. The van der Waals surface area contributed by atoms with E-state index in [2.05, 4.69) is 18.7 Å². The second-order valence-electron chi connectivity index (χ2n) is 8.65. The number of likely N-dealkylation sites (N-methyl/N-ethyl adjacent to an activating group) is 1. The minimum Gasteiger partial charge on any atom is -0.497 e. The largest absolute Gasteiger partial charge is 0.497 e. The number of hydrogen-bond donors (Lipinski definition) is 0. The molecule has 0 bridgehead atoms. The van der Waals surface area contributed by atoms with Gasteiger partial charge in [-0.25, -0.2) is 13.4 Å². The van der Waals surface area contributed by atoms with Crippen LogP contribution >= 0.6 is 11.3 Å². The average Bonchev–Trinajstić information content (AvgIpc) is 3.38. The molecular weight excluding hydrogens is 520 g/mol. The molecule has 0 aliphatic rings. The Morgan fingerprint density at radius 2 is 1.63 bits per heavy atom. The molecule has 10 heteroatoms. The van der Waals surface area contributed by atoms with Gasteiger partial charge in [-0.2, -0.15) is 0 Å². The fourth-order valence-corrected chi connectivity index (χ4v) is 6.27. The first kappa shape index (κ1) is 27.6. The summed E-state index contributed by atoms with van der Waals surface area (Å²) in [6.07, 6.45) is 0. The Hall–Kier alpha value is -3.47. The van der Waals surface area contributed by atoms with Gasteiger partial charge in [-0.05, 0) is 67.7 Å². The van der Waals surface area contributed by atoms with Crippen molar-refractivity contribution in [2.45, 2.75) is 18.7 Å². The van der Waals surface area contributed by atoms with Crippen molar-refractivity contribution >= 4 is 48.3 Å². The van der Waals surface area contributed by atoms with Crippen molar-refractivity contribution in [3.8, 4) is 5.75 Å². The van der Waals surface area contributed by atoms with Gasteiger partial charge in [0, 0.05) is 25.7 Å². The van der Waals surface area contributed by atoms with E-state index in [0.717, 1.165) is 29.1 Å². The van der Waals surface area contributed by atoms with Gasteiger partial charge in [0.1, 0.15) is 5.75 Å². The van der Waals surface area contributed by atoms with E-state index in [-0.39, 0.29) is 10.8 Å². The van der Waals surface area contributed by atoms with Crippen molar-refractivity contribution in [1.82, 2.24) is 9.88 Å². The van der Waals surface area contributed by atoms with Crippen molar-refractivity contribution in [3.05, 3.63) is 78.4 Å². The van der Waals surface area contributed by atoms with E-state index in [9.17, 15) is 13.2 Å². The lowest BCUT2D eigenvalue weighted by atomic mass is 10.2. The number of aromatic nitrogens is 1. The van der Waals surface area contributed by atoms with Gasteiger partial charge < -0.3 is 9.64 Å². The lowest BCUT2D eigenvalue weighted by molar-refractivity contribution is 0.0983. The standard InChI is InChI=1S/C28H32N4O4S2/c1-5-31(6-2)18-19-32(28-29-25-17-14-23(36-4)20-26(25)37-28)27(33)21-12-15-24(16-13-21)38(34,35)30(3)22-10-8-7-9-11-22/h7-17,20H,5-6,18-19H2,1-4H3. The molecule has 0 N–H and O–H groups in total. The summed E-state index contributed by atoms with van der Waals surface area (Å²) in [6, 6.07) is 20.6.